The van der Waals surface area contributed by atoms with E-state index in [9.17, 15) is 4.79 Å². The number of fused-ring (bicyclic) bond motifs is 3. The van der Waals surface area contributed by atoms with Crippen molar-refractivity contribution in [3.8, 4) is 0 Å². The van der Waals surface area contributed by atoms with Gasteiger partial charge in [-0.1, -0.05) is 6.07 Å². The lowest BCUT2D eigenvalue weighted by Gasteiger charge is -2.40. The molecule has 138 valence electrons. The first-order valence-corrected chi connectivity index (χ1v) is 9.42. The molecular weight excluding hydrogens is 340 g/mol. The third-order valence-corrected chi connectivity index (χ3v) is 6.03. The maximum Gasteiger partial charge on any atom is 0.272 e. The fourth-order valence-electron chi connectivity index (χ4n) is 4.78. The van der Waals surface area contributed by atoms with E-state index < -0.39 is 0 Å². The predicted octanol–water partition coefficient (Wildman–Crippen LogP) is 2.14. The van der Waals surface area contributed by atoms with Crippen LogP contribution in [0.15, 0.2) is 30.6 Å². The van der Waals surface area contributed by atoms with Crippen molar-refractivity contribution >= 4 is 17.5 Å². The molecule has 1 amide bonds. The van der Waals surface area contributed by atoms with Crippen LogP contribution in [0.1, 0.15) is 46.7 Å². The maximum atomic E-state index is 13.4. The second-order valence-corrected chi connectivity index (χ2v) is 7.69. The van der Waals surface area contributed by atoms with Crippen molar-refractivity contribution in [3.63, 3.8) is 0 Å². The molecule has 0 aromatic carbocycles. The highest BCUT2D eigenvalue weighted by Gasteiger charge is 2.45. The van der Waals surface area contributed by atoms with E-state index >= 15 is 0 Å². The van der Waals surface area contributed by atoms with E-state index in [1.165, 1.54) is 5.56 Å². The van der Waals surface area contributed by atoms with Crippen LogP contribution in [0.2, 0.25) is 0 Å². The van der Waals surface area contributed by atoms with Gasteiger partial charge in [-0.15, -0.1) is 0 Å². The number of carbonyl (C=O) groups excluding carboxylic acids is 1. The van der Waals surface area contributed by atoms with Crippen LogP contribution in [0.5, 0.6) is 0 Å². The number of likely N-dealkylation sites (tertiary alicyclic amines) is 1. The van der Waals surface area contributed by atoms with Gasteiger partial charge in [-0.2, -0.15) is 0 Å². The van der Waals surface area contributed by atoms with Gasteiger partial charge in [0.05, 0.1) is 11.4 Å². The first-order valence-electron chi connectivity index (χ1n) is 9.42. The van der Waals surface area contributed by atoms with E-state index in [0.717, 1.165) is 49.3 Å². The van der Waals surface area contributed by atoms with Gasteiger partial charge in [0.2, 0.25) is 5.95 Å². The molecule has 3 aromatic heterocycles. The highest BCUT2D eigenvalue weighted by Crippen LogP contribution is 2.44. The van der Waals surface area contributed by atoms with Gasteiger partial charge >= 0.3 is 0 Å². The number of nitrogen functional groups attached to an aromatic ring is 1. The number of hydrogen-bond acceptors (Lipinski definition) is 5. The van der Waals surface area contributed by atoms with Crippen LogP contribution in [0.4, 0.5) is 5.95 Å². The minimum atomic E-state index is -0.102. The number of anilines is 1. The number of aryl methyl sites for hydroxylation is 2. The number of imidazole rings is 1. The Hall–Kier alpha value is -2.96. The summed E-state index contributed by atoms with van der Waals surface area (Å²) in [4.78, 5) is 28.6. The number of carbonyl (C=O) groups is 1. The predicted molar refractivity (Wildman–Crippen MR) is 102 cm³/mol. The molecule has 27 heavy (non-hydrogen) atoms. The lowest BCUT2D eigenvalue weighted by atomic mass is 9.77. The molecule has 1 aliphatic carbocycles. The Morgan fingerprint density at radius 1 is 1.26 bits per heavy atom. The average molecular weight is 362 g/mol. The van der Waals surface area contributed by atoms with Gasteiger partial charge in [0.1, 0.15) is 11.3 Å². The summed E-state index contributed by atoms with van der Waals surface area (Å²) in [5, 5.41) is 0. The molecule has 1 spiro atoms. The number of piperidine rings is 1. The number of pyridine rings is 1. The van der Waals surface area contributed by atoms with Crippen LogP contribution in [-0.4, -0.2) is 43.2 Å². The lowest BCUT2D eigenvalue weighted by Crippen LogP contribution is -2.48. The molecule has 0 radical (unpaired) electrons. The molecule has 0 bridgehead atoms. The van der Waals surface area contributed by atoms with Gasteiger partial charge in [0.15, 0.2) is 0 Å². The number of aromatic nitrogens is 4. The number of nitrogens with two attached hydrogens (primary N) is 1. The summed E-state index contributed by atoms with van der Waals surface area (Å²) in [5.41, 5.74) is 10.2. The molecule has 2 aliphatic rings. The van der Waals surface area contributed by atoms with Crippen LogP contribution in [0.3, 0.4) is 0 Å². The Bertz CT molecular complexity index is 1050. The molecule has 7 nitrogen and oxygen atoms in total. The van der Waals surface area contributed by atoms with Crippen molar-refractivity contribution < 1.29 is 4.79 Å². The zero-order valence-corrected chi connectivity index (χ0v) is 15.4. The number of nitrogens with zero attached hydrogens (tertiary/aromatic N) is 5. The normalized spacial score (nSPS) is 21.7. The Labute approximate surface area is 157 Å². The molecule has 3 aromatic rings. The Kier molecular flexibility index (Phi) is 3.47. The molecule has 7 heteroatoms. The van der Waals surface area contributed by atoms with Gasteiger partial charge in [0, 0.05) is 30.9 Å². The molecular formula is C20H22N6O. The standard InChI is InChI=1S/C20H22N6O/c1-13-16(26-10-3-2-5-15(26)23-13)18(27)25-9-4-7-20(12-25)8-6-14-11-22-19(21)24-17(14)20/h2-3,5,10-11H,4,6-9,12H2,1H3,(H2,21,22,24). The number of rotatable bonds is 1. The summed E-state index contributed by atoms with van der Waals surface area (Å²) in [6, 6.07) is 5.79. The highest BCUT2D eigenvalue weighted by atomic mass is 16.2. The fourth-order valence-corrected chi connectivity index (χ4v) is 4.78. The monoisotopic (exact) mass is 362 g/mol. The van der Waals surface area contributed by atoms with Gasteiger partial charge in [-0.3, -0.25) is 9.20 Å². The van der Waals surface area contributed by atoms with E-state index in [0.29, 0.717) is 18.2 Å². The van der Waals surface area contributed by atoms with Crippen LogP contribution in [-0.2, 0) is 11.8 Å². The van der Waals surface area contributed by atoms with Crippen LogP contribution in [0.25, 0.3) is 5.65 Å². The molecule has 1 fully saturated rings. The Balaban J connectivity index is 1.51. The minimum Gasteiger partial charge on any atom is -0.368 e. The molecule has 1 atom stereocenters. The summed E-state index contributed by atoms with van der Waals surface area (Å²) < 4.78 is 1.89. The Morgan fingerprint density at radius 2 is 2.15 bits per heavy atom. The first kappa shape index (κ1) is 16.2. The van der Waals surface area contributed by atoms with Crippen LogP contribution < -0.4 is 5.73 Å². The van der Waals surface area contributed by atoms with Crippen molar-refractivity contribution in [2.75, 3.05) is 18.8 Å². The molecule has 1 saturated heterocycles. The van der Waals surface area contributed by atoms with Crippen molar-refractivity contribution in [1.29, 1.82) is 0 Å². The number of amides is 1. The van der Waals surface area contributed by atoms with E-state index in [-0.39, 0.29) is 11.3 Å². The van der Waals surface area contributed by atoms with Gasteiger partial charge < -0.3 is 10.6 Å². The molecule has 2 N–H and O–H groups in total. The molecule has 4 heterocycles. The molecule has 5 rings (SSSR count). The van der Waals surface area contributed by atoms with Crippen molar-refractivity contribution in [1.82, 2.24) is 24.3 Å². The second-order valence-electron chi connectivity index (χ2n) is 7.69. The van der Waals surface area contributed by atoms with Gasteiger partial charge in [-0.25, -0.2) is 15.0 Å². The summed E-state index contributed by atoms with van der Waals surface area (Å²) >= 11 is 0. The largest absolute Gasteiger partial charge is 0.368 e. The minimum absolute atomic E-state index is 0.0424. The quantitative estimate of drug-likeness (QED) is 0.716. The Morgan fingerprint density at radius 3 is 3.04 bits per heavy atom. The van der Waals surface area contributed by atoms with E-state index in [4.69, 9.17) is 5.73 Å². The van der Waals surface area contributed by atoms with E-state index in [1.54, 1.807) is 0 Å². The third kappa shape index (κ3) is 2.41. The lowest BCUT2D eigenvalue weighted by molar-refractivity contribution is 0.0625. The molecule has 1 aliphatic heterocycles. The summed E-state index contributed by atoms with van der Waals surface area (Å²) in [5.74, 6) is 0.358. The third-order valence-electron chi connectivity index (χ3n) is 6.03. The van der Waals surface area contributed by atoms with E-state index in [1.807, 2.05) is 46.8 Å². The second kappa shape index (κ2) is 5.77. The topological polar surface area (TPSA) is 89.4 Å². The number of hydrogen-bond donors (Lipinski definition) is 1. The smallest absolute Gasteiger partial charge is 0.272 e. The summed E-state index contributed by atoms with van der Waals surface area (Å²) in [6.45, 7) is 3.34. The first-order chi connectivity index (χ1) is 13.1. The maximum absolute atomic E-state index is 13.4. The fraction of sp³-hybridized carbons (Fsp3) is 0.400. The van der Waals surface area contributed by atoms with Gasteiger partial charge in [-0.05, 0) is 50.3 Å². The highest BCUT2D eigenvalue weighted by molar-refractivity contribution is 5.94. The summed E-state index contributed by atoms with van der Waals surface area (Å²) in [7, 11) is 0. The van der Waals surface area contributed by atoms with Crippen molar-refractivity contribution in [2.45, 2.75) is 38.0 Å². The van der Waals surface area contributed by atoms with E-state index in [2.05, 4.69) is 15.0 Å². The summed E-state index contributed by atoms with van der Waals surface area (Å²) in [6.07, 6.45) is 7.70. The van der Waals surface area contributed by atoms with Crippen molar-refractivity contribution in [3.05, 3.63) is 53.2 Å². The average Bonchev–Trinajstić information content (AvgIpc) is 3.18. The van der Waals surface area contributed by atoms with Crippen LogP contribution >= 0.6 is 0 Å². The van der Waals surface area contributed by atoms with Crippen LogP contribution in [0, 0.1) is 6.92 Å². The van der Waals surface area contributed by atoms with Crippen molar-refractivity contribution in [2.24, 2.45) is 0 Å². The van der Waals surface area contributed by atoms with Gasteiger partial charge in [0.25, 0.3) is 5.91 Å². The zero-order chi connectivity index (χ0) is 18.6. The SMILES string of the molecule is Cc1nc2ccccn2c1C(=O)N1CCCC2(CCc3cnc(N)nc32)C1. The molecule has 1 unspecified atom stereocenters. The zero-order valence-electron chi connectivity index (χ0n) is 15.4. The molecule has 0 saturated carbocycles.